The third-order valence-electron chi connectivity index (χ3n) is 3.18. The maximum absolute atomic E-state index is 11.5. The van der Waals surface area contributed by atoms with Gasteiger partial charge in [-0.1, -0.05) is 0 Å². The van der Waals surface area contributed by atoms with E-state index >= 15 is 0 Å². The summed E-state index contributed by atoms with van der Waals surface area (Å²) in [5, 5.41) is 6.33. The number of carbonyl (C=O) groups excluding carboxylic acids is 1. The Morgan fingerprint density at radius 2 is 2.28 bits per heavy atom. The highest BCUT2D eigenvalue weighted by Gasteiger charge is 2.12. The Balaban J connectivity index is 1.89. The molecule has 1 rings (SSSR count). The van der Waals surface area contributed by atoms with Gasteiger partial charge in [-0.05, 0) is 38.3 Å². The van der Waals surface area contributed by atoms with Gasteiger partial charge in [0, 0.05) is 20.1 Å². The molecule has 5 heteroatoms. The second-order valence-electron chi connectivity index (χ2n) is 4.71. The van der Waals surface area contributed by atoms with Crippen molar-refractivity contribution < 1.29 is 14.3 Å². The molecule has 1 aliphatic heterocycles. The molecule has 2 N–H and O–H groups in total. The molecule has 1 heterocycles. The van der Waals surface area contributed by atoms with Crippen LogP contribution in [0.15, 0.2) is 0 Å². The predicted molar refractivity (Wildman–Crippen MR) is 70.5 cm³/mol. The maximum atomic E-state index is 11.5. The minimum atomic E-state index is 0.0798. The third kappa shape index (κ3) is 7.63. The van der Waals surface area contributed by atoms with Gasteiger partial charge >= 0.3 is 0 Å². The van der Waals surface area contributed by atoms with Crippen LogP contribution in [0.2, 0.25) is 0 Å². The summed E-state index contributed by atoms with van der Waals surface area (Å²) in [6.07, 6.45) is 4.05. The maximum Gasteiger partial charge on any atom is 0.222 e. The number of nitrogens with one attached hydrogen (secondary N) is 2. The number of carbonyl (C=O) groups is 1. The van der Waals surface area contributed by atoms with Crippen molar-refractivity contribution in [3.63, 3.8) is 0 Å². The number of amides is 1. The number of piperidine rings is 1. The first-order chi connectivity index (χ1) is 8.83. The number of ether oxygens (including phenoxy) is 2. The minimum Gasteiger partial charge on any atom is -0.382 e. The summed E-state index contributed by atoms with van der Waals surface area (Å²) in [7, 11) is 1.64. The van der Waals surface area contributed by atoms with Gasteiger partial charge in [-0.15, -0.1) is 0 Å². The molecule has 18 heavy (non-hydrogen) atoms. The Morgan fingerprint density at radius 3 is 3.00 bits per heavy atom. The molecule has 1 saturated heterocycles. The smallest absolute Gasteiger partial charge is 0.222 e. The summed E-state index contributed by atoms with van der Waals surface area (Å²) >= 11 is 0. The lowest BCUT2D eigenvalue weighted by Gasteiger charge is -2.22. The summed E-state index contributed by atoms with van der Waals surface area (Å²) in [6, 6.07) is 0. The molecule has 0 saturated carbocycles. The van der Waals surface area contributed by atoms with Crippen LogP contribution in [0.4, 0.5) is 0 Å². The quantitative estimate of drug-likeness (QED) is 0.593. The lowest BCUT2D eigenvalue weighted by molar-refractivity contribution is -0.122. The van der Waals surface area contributed by atoms with E-state index in [9.17, 15) is 4.79 Å². The number of hydrogen-bond donors (Lipinski definition) is 2. The molecule has 1 atom stereocenters. The van der Waals surface area contributed by atoms with Crippen LogP contribution in [0, 0.1) is 5.92 Å². The second kappa shape index (κ2) is 10.3. The Labute approximate surface area is 110 Å². The van der Waals surface area contributed by atoms with Crippen molar-refractivity contribution in [2.75, 3.05) is 46.6 Å². The standard InChI is InChI=1S/C13H26N2O3/c1-17-9-10-18-8-5-13(16)15-7-4-12-3-2-6-14-11-12/h12,14H,2-11H2,1H3,(H,15,16). The molecular weight excluding hydrogens is 232 g/mol. The van der Waals surface area contributed by atoms with Crippen LogP contribution >= 0.6 is 0 Å². The van der Waals surface area contributed by atoms with E-state index in [1.54, 1.807) is 7.11 Å². The van der Waals surface area contributed by atoms with Crippen LogP contribution in [-0.4, -0.2) is 52.5 Å². The lowest BCUT2D eigenvalue weighted by atomic mass is 9.96. The SMILES string of the molecule is COCCOCCC(=O)NCCC1CCCNC1. The molecule has 5 nitrogen and oxygen atoms in total. The van der Waals surface area contributed by atoms with Gasteiger partial charge in [-0.2, -0.15) is 0 Å². The van der Waals surface area contributed by atoms with Gasteiger partial charge in [0.05, 0.1) is 19.8 Å². The summed E-state index contributed by atoms with van der Waals surface area (Å²) in [5.74, 6) is 0.799. The molecule has 1 aliphatic rings. The van der Waals surface area contributed by atoms with Gasteiger partial charge in [0.1, 0.15) is 0 Å². The van der Waals surface area contributed by atoms with Crippen LogP contribution in [0.25, 0.3) is 0 Å². The van der Waals surface area contributed by atoms with Gasteiger partial charge < -0.3 is 20.1 Å². The molecule has 1 amide bonds. The topological polar surface area (TPSA) is 59.6 Å². The molecule has 1 fully saturated rings. The minimum absolute atomic E-state index is 0.0798. The van der Waals surface area contributed by atoms with E-state index in [1.807, 2.05) is 0 Å². The van der Waals surface area contributed by atoms with Crippen molar-refractivity contribution in [2.45, 2.75) is 25.7 Å². The number of rotatable bonds is 9. The van der Waals surface area contributed by atoms with E-state index in [0.29, 0.717) is 26.2 Å². The first-order valence-electron chi connectivity index (χ1n) is 6.87. The number of hydrogen-bond acceptors (Lipinski definition) is 4. The molecule has 106 valence electrons. The molecule has 0 aromatic heterocycles. The van der Waals surface area contributed by atoms with E-state index in [0.717, 1.165) is 32.0 Å². The lowest BCUT2D eigenvalue weighted by Crippen LogP contribution is -2.33. The van der Waals surface area contributed by atoms with E-state index < -0.39 is 0 Å². The molecular formula is C13H26N2O3. The Kier molecular flexibility index (Phi) is 8.81. The highest BCUT2D eigenvalue weighted by molar-refractivity contribution is 5.75. The van der Waals surface area contributed by atoms with Crippen LogP contribution in [-0.2, 0) is 14.3 Å². The van der Waals surface area contributed by atoms with Crippen molar-refractivity contribution in [1.82, 2.24) is 10.6 Å². The average molecular weight is 258 g/mol. The summed E-state index contributed by atoms with van der Waals surface area (Å²) in [5.41, 5.74) is 0. The predicted octanol–water partition coefficient (Wildman–Crippen LogP) is 0.545. The van der Waals surface area contributed by atoms with Crippen molar-refractivity contribution >= 4 is 5.91 Å². The van der Waals surface area contributed by atoms with Crippen molar-refractivity contribution in [1.29, 1.82) is 0 Å². The van der Waals surface area contributed by atoms with E-state index in [1.165, 1.54) is 12.8 Å². The van der Waals surface area contributed by atoms with Crippen LogP contribution < -0.4 is 10.6 Å². The fourth-order valence-electron chi connectivity index (χ4n) is 2.08. The molecule has 0 aliphatic carbocycles. The van der Waals surface area contributed by atoms with Crippen molar-refractivity contribution in [2.24, 2.45) is 5.92 Å². The van der Waals surface area contributed by atoms with Gasteiger partial charge in [0.25, 0.3) is 0 Å². The Bertz CT molecular complexity index is 218. The van der Waals surface area contributed by atoms with E-state index in [4.69, 9.17) is 9.47 Å². The molecule has 0 bridgehead atoms. The van der Waals surface area contributed by atoms with Crippen LogP contribution in [0.5, 0.6) is 0 Å². The fraction of sp³-hybridized carbons (Fsp3) is 0.923. The Hall–Kier alpha value is -0.650. The van der Waals surface area contributed by atoms with Gasteiger partial charge in [-0.25, -0.2) is 0 Å². The zero-order valence-corrected chi connectivity index (χ0v) is 11.4. The zero-order valence-electron chi connectivity index (χ0n) is 11.4. The second-order valence-corrected chi connectivity index (χ2v) is 4.71. The van der Waals surface area contributed by atoms with Gasteiger partial charge in [0.2, 0.25) is 5.91 Å². The molecule has 0 radical (unpaired) electrons. The molecule has 0 aromatic rings. The third-order valence-corrected chi connectivity index (χ3v) is 3.18. The van der Waals surface area contributed by atoms with Gasteiger partial charge in [0.15, 0.2) is 0 Å². The summed E-state index contributed by atoms with van der Waals surface area (Å²) in [4.78, 5) is 11.5. The Morgan fingerprint density at radius 1 is 1.39 bits per heavy atom. The monoisotopic (exact) mass is 258 g/mol. The first-order valence-corrected chi connectivity index (χ1v) is 6.87. The highest BCUT2D eigenvalue weighted by atomic mass is 16.5. The highest BCUT2D eigenvalue weighted by Crippen LogP contribution is 2.12. The summed E-state index contributed by atoms with van der Waals surface area (Å²) in [6.45, 7) is 4.62. The van der Waals surface area contributed by atoms with Crippen LogP contribution in [0.1, 0.15) is 25.7 Å². The molecule has 0 spiro atoms. The fourth-order valence-corrected chi connectivity index (χ4v) is 2.08. The van der Waals surface area contributed by atoms with Gasteiger partial charge in [-0.3, -0.25) is 4.79 Å². The first kappa shape index (κ1) is 15.4. The normalized spacial score (nSPS) is 19.7. The van der Waals surface area contributed by atoms with E-state index in [2.05, 4.69) is 10.6 Å². The zero-order chi connectivity index (χ0) is 13.1. The van der Waals surface area contributed by atoms with E-state index in [-0.39, 0.29) is 5.91 Å². The average Bonchev–Trinajstić information content (AvgIpc) is 2.40. The largest absolute Gasteiger partial charge is 0.382 e. The van der Waals surface area contributed by atoms with Crippen molar-refractivity contribution in [3.8, 4) is 0 Å². The molecule has 0 aromatic carbocycles. The number of methoxy groups -OCH3 is 1. The van der Waals surface area contributed by atoms with Crippen molar-refractivity contribution in [3.05, 3.63) is 0 Å². The van der Waals surface area contributed by atoms with Crippen LogP contribution in [0.3, 0.4) is 0 Å². The summed E-state index contributed by atoms with van der Waals surface area (Å²) < 4.78 is 10.1. The molecule has 1 unspecified atom stereocenters.